The summed E-state index contributed by atoms with van der Waals surface area (Å²) in [5.41, 5.74) is 0.481. The van der Waals surface area contributed by atoms with Gasteiger partial charge in [-0.1, -0.05) is 25.0 Å². The number of aromatic nitrogens is 1. The van der Waals surface area contributed by atoms with E-state index in [9.17, 15) is 9.18 Å². The Kier molecular flexibility index (Phi) is 8.25. The molecule has 0 radical (unpaired) electrons. The van der Waals surface area contributed by atoms with Crippen molar-refractivity contribution >= 4 is 30.7 Å². The summed E-state index contributed by atoms with van der Waals surface area (Å²) in [6, 6.07) is 9.61. The van der Waals surface area contributed by atoms with Crippen molar-refractivity contribution in [3.8, 4) is 11.6 Å². The molecule has 0 spiro atoms. The first kappa shape index (κ1) is 23.4. The van der Waals surface area contributed by atoms with E-state index in [0.29, 0.717) is 24.1 Å². The second-order valence-electron chi connectivity index (χ2n) is 7.44. The predicted molar refractivity (Wildman–Crippen MR) is 114 cm³/mol. The second kappa shape index (κ2) is 10.2. The van der Waals surface area contributed by atoms with Crippen molar-refractivity contribution < 1.29 is 13.9 Å². The highest BCUT2D eigenvalue weighted by atomic mass is 35.5. The molecule has 0 unspecified atom stereocenters. The standard InChI is InChI=1S/C21H24FN3O2.2ClH/c22-17-7-3-8-18(11-17)27-19-15(5-4-10-24-19)12-25-20(26)21-9-2-1-6-16(21)13-23-14-21;;/h3-5,7-8,10-11,16,23H,1-2,6,9,12-14H2,(H,25,26);2*1H/t16-,21+;;/m0../s1. The van der Waals surface area contributed by atoms with Gasteiger partial charge in [-0.2, -0.15) is 0 Å². The minimum Gasteiger partial charge on any atom is -0.439 e. The third-order valence-electron chi connectivity index (χ3n) is 5.79. The van der Waals surface area contributed by atoms with E-state index in [1.807, 2.05) is 6.07 Å². The van der Waals surface area contributed by atoms with Crippen LogP contribution in [0.2, 0.25) is 0 Å². The van der Waals surface area contributed by atoms with Crippen LogP contribution in [0.5, 0.6) is 11.6 Å². The van der Waals surface area contributed by atoms with Gasteiger partial charge in [0, 0.05) is 30.9 Å². The smallest absolute Gasteiger partial charge is 0.228 e. The maximum Gasteiger partial charge on any atom is 0.228 e. The summed E-state index contributed by atoms with van der Waals surface area (Å²) in [5, 5.41) is 6.50. The lowest BCUT2D eigenvalue weighted by Gasteiger charge is -2.37. The molecule has 1 amide bonds. The Bertz CT molecular complexity index is 839. The van der Waals surface area contributed by atoms with Crippen LogP contribution in [0.1, 0.15) is 31.2 Å². The summed E-state index contributed by atoms with van der Waals surface area (Å²) in [4.78, 5) is 17.3. The number of benzene rings is 1. The van der Waals surface area contributed by atoms with Crippen LogP contribution >= 0.6 is 24.8 Å². The lowest BCUT2D eigenvalue weighted by molar-refractivity contribution is -0.134. The first-order valence-corrected chi connectivity index (χ1v) is 9.54. The zero-order valence-electron chi connectivity index (χ0n) is 16.0. The molecule has 2 heterocycles. The van der Waals surface area contributed by atoms with Gasteiger partial charge < -0.3 is 15.4 Å². The molecule has 1 saturated heterocycles. The number of nitrogens with zero attached hydrogens (tertiary/aromatic N) is 1. The molecule has 4 rings (SSSR count). The molecule has 2 aliphatic rings. The van der Waals surface area contributed by atoms with Crippen LogP contribution < -0.4 is 15.4 Å². The number of pyridine rings is 1. The van der Waals surface area contributed by atoms with E-state index in [1.54, 1.807) is 24.4 Å². The maximum absolute atomic E-state index is 13.4. The van der Waals surface area contributed by atoms with Crippen LogP contribution in [0.4, 0.5) is 4.39 Å². The van der Waals surface area contributed by atoms with Gasteiger partial charge in [0.2, 0.25) is 11.8 Å². The van der Waals surface area contributed by atoms with Gasteiger partial charge in [-0.25, -0.2) is 9.37 Å². The van der Waals surface area contributed by atoms with E-state index >= 15 is 0 Å². The molecule has 5 nitrogen and oxygen atoms in total. The van der Waals surface area contributed by atoms with E-state index < -0.39 is 0 Å². The van der Waals surface area contributed by atoms with Gasteiger partial charge in [0.15, 0.2) is 0 Å². The van der Waals surface area contributed by atoms with E-state index in [0.717, 1.165) is 37.9 Å². The van der Waals surface area contributed by atoms with E-state index in [2.05, 4.69) is 15.6 Å². The SMILES string of the molecule is Cl.Cl.O=C(NCc1cccnc1Oc1cccc(F)c1)[C@@]12CCCC[C@H]1CNC2. The Labute approximate surface area is 182 Å². The van der Waals surface area contributed by atoms with Crippen molar-refractivity contribution in [1.82, 2.24) is 15.6 Å². The number of fused-ring (bicyclic) bond motifs is 1. The minimum absolute atomic E-state index is 0. The number of ether oxygens (including phenoxy) is 1. The highest BCUT2D eigenvalue weighted by Crippen LogP contribution is 2.44. The van der Waals surface area contributed by atoms with Gasteiger partial charge >= 0.3 is 0 Å². The molecule has 2 atom stereocenters. The molecule has 1 aliphatic carbocycles. The van der Waals surface area contributed by atoms with Gasteiger partial charge in [-0.3, -0.25) is 4.79 Å². The van der Waals surface area contributed by atoms with Gasteiger partial charge in [0.1, 0.15) is 11.6 Å². The van der Waals surface area contributed by atoms with E-state index in [4.69, 9.17) is 4.74 Å². The number of nitrogens with one attached hydrogen (secondary N) is 2. The number of carbonyl (C=O) groups is 1. The number of carbonyl (C=O) groups excluding carboxylic acids is 1. The monoisotopic (exact) mass is 441 g/mol. The molecule has 2 N–H and O–H groups in total. The Morgan fingerprint density at radius 1 is 1.28 bits per heavy atom. The van der Waals surface area contributed by atoms with Crippen molar-refractivity contribution in [3.63, 3.8) is 0 Å². The molecule has 2 fully saturated rings. The molecule has 158 valence electrons. The normalized spacial score (nSPS) is 22.6. The molecule has 1 aliphatic heterocycles. The number of halogens is 3. The Morgan fingerprint density at radius 2 is 2.14 bits per heavy atom. The molecular weight excluding hydrogens is 416 g/mol. The van der Waals surface area contributed by atoms with Crippen molar-refractivity contribution in [1.29, 1.82) is 0 Å². The Hall–Kier alpha value is -1.89. The molecule has 0 bridgehead atoms. The quantitative estimate of drug-likeness (QED) is 0.727. The van der Waals surface area contributed by atoms with Crippen LogP contribution in [-0.4, -0.2) is 24.0 Å². The summed E-state index contributed by atoms with van der Waals surface area (Å²) < 4.78 is 19.1. The summed E-state index contributed by atoms with van der Waals surface area (Å²) in [5.74, 6) is 0.924. The summed E-state index contributed by atoms with van der Waals surface area (Å²) >= 11 is 0. The van der Waals surface area contributed by atoms with Crippen molar-refractivity contribution in [2.45, 2.75) is 32.2 Å². The van der Waals surface area contributed by atoms with E-state index in [1.165, 1.54) is 18.6 Å². The summed E-state index contributed by atoms with van der Waals surface area (Å²) in [6.07, 6.45) is 5.98. The number of rotatable bonds is 5. The average molecular weight is 442 g/mol. The van der Waals surface area contributed by atoms with Gasteiger partial charge in [-0.15, -0.1) is 24.8 Å². The molecule has 8 heteroatoms. The van der Waals surface area contributed by atoms with Crippen molar-refractivity contribution in [2.75, 3.05) is 13.1 Å². The fourth-order valence-corrected chi connectivity index (χ4v) is 4.33. The zero-order chi connectivity index (χ0) is 18.7. The Balaban J connectivity index is 0.00000150. The third kappa shape index (κ3) is 5.00. The van der Waals surface area contributed by atoms with Crippen molar-refractivity contribution in [2.24, 2.45) is 11.3 Å². The highest BCUT2D eigenvalue weighted by molar-refractivity contribution is 5.85. The van der Waals surface area contributed by atoms with Crippen LogP contribution in [0.25, 0.3) is 0 Å². The summed E-state index contributed by atoms with van der Waals surface area (Å²) in [7, 11) is 0. The fraction of sp³-hybridized carbons (Fsp3) is 0.429. The highest BCUT2D eigenvalue weighted by Gasteiger charge is 2.49. The lowest BCUT2D eigenvalue weighted by atomic mass is 9.67. The molecular formula is C21H26Cl2FN3O2. The number of hydrogen-bond donors (Lipinski definition) is 2. The van der Waals surface area contributed by atoms with Crippen molar-refractivity contribution in [3.05, 3.63) is 54.0 Å². The zero-order valence-corrected chi connectivity index (χ0v) is 17.7. The minimum atomic E-state index is -0.366. The molecule has 1 aromatic heterocycles. The first-order chi connectivity index (χ1) is 13.2. The number of hydrogen-bond acceptors (Lipinski definition) is 4. The predicted octanol–water partition coefficient (Wildman–Crippen LogP) is 4.25. The first-order valence-electron chi connectivity index (χ1n) is 9.54. The molecule has 2 aromatic rings. The van der Waals surface area contributed by atoms with Gasteiger partial charge in [-0.05, 0) is 43.5 Å². The van der Waals surface area contributed by atoms with Crippen LogP contribution in [0.15, 0.2) is 42.6 Å². The van der Waals surface area contributed by atoms with Gasteiger partial charge in [0.25, 0.3) is 0 Å². The Morgan fingerprint density at radius 3 is 2.97 bits per heavy atom. The second-order valence-corrected chi connectivity index (χ2v) is 7.44. The molecule has 1 aromatic carbocycles. The maximum atomic E-state index is 13.4. The molecule has 29 heavy (non-hydrogen) atoms. The third-order valence-corrected chi connectivity index (χ3v) is 5.79. The largest absolute Gasteiger partial charge is 0.439 e. The van der Waals surface area contributed by atoms with Gasteiger partial charge in [0.05, 0.1) is 5.41 Å². The lowest BCUT2D eigenvalue weighted by Crippen LogP contribution is -2.47. The van der Waals surface area contributed by atoms with E-state index in [-0.39, 0.29) is 42.0 Å². The fourth-order valence-electron chi connectivity index (χ4n) is 4.33. The van der Waals surface area contributed by atoms with Crippen LogP contribution in [0.3, 0.4) is 0 Å². The topological polar surface area (TPSA) is 63.2 Å². The molecule has 1 saturated carbocycles. The van der Waals surface area contributed by atoms with Crippen LogP contribution in [-0.2, 0) is 11.3 Å². The average Bonchev–Trinajstić information content (AvgIpc) is 3.12. The van der Waals surface area contributed by atoms with Crippen LogP contribution in [0, 0.1) is 17.2 Å². The number of amides is 1. The summed E-state index contributed by atoms with van der Waals surface area (Å²) in [6.45, 7) is 2.02.